The van der Waals surface area contributed by atoms with Crippen LogP contribution in [0.1, 0.15) is 126 Å². The second-order valence-corrected chi connectivity index (χ2v) is 15.8. The van der Waals surface area contributed by atoms with E-state index < -0.39 is 28.3 Å². The molecule has 1 aliphatic heterocycles. The Kier molecular flexibility index (Phi) is 11.7. The Morgan fingerprint density at radius 3 is 1.86 bits per heavy atom. The highest BCUT2D eigenvalue weighted by Crippen LogP contribution is 2.68. The van der Waals surface area contributed by atoms with E-state index in [4.69, 9.17) is 4.74 Å². The number of carbonyl (C=O) groups excluding carboxylic acids is 2. The fraction of sp³-hybridized carbons (Fsp3) is 0.535. The van der Waals surface area contributed by atoms with E-state index >= 15 is 0 Å². The molecule has 0 spiro atoms. The number of aliphatic hydroxyl groups excluding tert-OH is 1. The molecular weight excluding hydrogens is 612 g/mol. The third-order valence-electron chi connectivity index (χ3n) is 10.9. The van der Waals surface area contributed by atoms with Gasteiger partial charge in [-0.15, -0.1) is 0 Å². The van der Waals surface area contributed by atoms with E-state index in [2.05, 4.69) is 78.8 Å². The molecule has 6 heteroatoms. The van der Waals surface area contributed by atoms with E-state index in [0.717, 1.165) is 49.7 Å². The van der Waals surface area contributed by atoms with E-state index in [-0.39, 0.29) is 46.6 Å². The van der Waals surface area contributed by atoms with E-state index in [1.807, 2.05) is 13.8 Å². The highest BCUT2D eigenvalue weighted by atomic mass is 16.5. The third-order valence-corrected chi connectivity index (χ3v) is 10.9. The largest absolute Gasteiger partial charge is 0.507 e. The van der Waals surface area contributed by atoms with Crippen molar-refractivity contribution in [2.45, 2.75) is 131 Å². The van der Waals surface area contributed by atoms with Crippen LogP contribution in [0, 0.1) is 17.3 Å². The molecule has 6 nitrogen and oxygen atoms in total. The predicted molar refractivity (Wildman–Crippen MR) is 198 cm³/mol. The molecule has 1 aromatic rings. The number of hydrogen-bond acceptors (Lipinski definition) is 6. The molecule has 3 N–H and O–H groups in total. The van der Waals surface area contributed by atoms with E-state index in [0.29, 0.717) is 12.8 Å². The van der Waals surface area contributed by atoms with Gasteiger partial charge in [0.2, 0.25) is 0 Å². The number of ketones is 2. The maximum atomic E-state index is 15.0. The average molecular weight is 671 g/mol. The summed E-state index contributed by atoms with van der Waals surface area (Å²) in [6, 6.07) is 4.03. The molecule has 0 aromatic heterocycles. The summed E-state index contributed by atoms with van der Waals surface area (Å²) < 4.78 is 6.85. The van der Waals surface area contributed by atoms with Gasteiger partial charge in [0, 0.05) is 23.5 Å². The number of rotatable bonds is 14. The van der Waals surface area contributed by atoms with Crippen molar-refractivity contribution < 1.29 is 29.6 Å². The van der Waals surface area contributed by atoms with Crippen LogP contribution in [-0.4, -0.2) is 38.1 Å². The minimum absolute atomic E-state index is 0.186. The molecule has 3 aliphatic carbocycles. The number of phenols is 2. The molecular formula is C43H58O6. The van der Waals surface area contributed by atoms with Gasteiger partial charge in [0.05, 0.1) is 11.0 Å². The van der Waals surface area contributed by atoms with E-state index in [9.17, 15) is 24.9 Å². The molecule has 0 amide bonds. The van der Waals surface area contributed by atoms with E-state index in [1.165, 1.54) is 34.9 Å². The van der Waals surface area contributed by atoms with Gasteiger partial charge in [-0.05, 0) is 138 Å². The summed E-state index contributed by atoms with van der Waals surface area (Å²) in [5.74, 6) is -2.36. The topological polar surface area (TPSA) is 104 Å². The number of allylic oxidation sites excluding steroid dienone is 9. The summed E-state index contributed by atoms with van der Waals surface area (Å²) in [6.45, 7) is 18.7. The lowest BCUT2D eigenvalue weighted by Crippen LogP contribution is -2.66. The van der Waals surface area contributed by atoms with Crippen LogP contribution in [0.5, 0.6) is 11.5 Å². The highest BCUT2D eigenvalue weighted by molar-refractivity contribution is 6.24. The van der Waals surface area contributed by atoms with Crippen LogP contribution in [0.15, 0.2) is 82.0 Å². The van der Waals surface area contributed by atoms with Crippen molar-refractivity contribution in [2.24, 2.45) is 17.3 Å². The van der Waals surface area contributed by atoms with Crippen LogP contribution in [0.25, 0.3) is 5.76 Å². The van der Waals surface area contributed by atoms with Gasteiger partial charge in [-0.25, -0.2) is 0 Å². The number of ether oxygens (including phenoxy) is 1. The molecule has 49 heavy (non-hydrogen) atoms. The number of benzene rings is 1. The first kappa shape index (κ1) is 38.2. The molecule has 3 saturated carbocycles. The first-order chi connectivity index (χ1) is 22.9. The van der Waals surface area contributed by atoms with Crippen molar-refractivity contribution in [1.29, 1.82) is 0 Å². The minimum Gasteiger partial charge on any atom is -0.507 e. The van der Waals surface area contributed by atoms with Crippen molar-refractivity contribution in [3.05, 3.63) is 87.6 Å². The van der Waals surface area contributed by atoms with Crippen molar-refractivity contribution >= 4 is 17.3 Å². The molecule has 0 radical (unpaired) electrons. The molecule has 4 aliphatic rings. The van der Waals surface area contributed by atoms with Crippen LogP contribution in [0.4, 0.5) is 0 Å². The zero-order valence-corrected chi connectivity index (χ0v) is 31.2. The molecule has 4 fully saturated rings. The molecule has 5 rings (SSSR count). The zero-order chi connectivity index (χ0) is 36.3. The van der Waals surface area contributed by atoms with Gasteiger partial charge in [0.1, 0.15) is 11.4 Å². The zero-order valence-electron chi connectivity index (χ0n) is 31.2. The first-order valence-electron chi connectivity index (χ1n) is 17.9. The Morgan fingerprint density at radius 2 is 1.31 bits per heavy atom. The SMILES string of the molecule is CC(C)=CCCC(C)=CCCC(C)=CCC12CC3C(C(=C(O)c4ccc(O)c(O)c4)C1=O)C(CC=C(C)CCC=C(C)C)(OC3(C)C)C2=O. The quantitative estimate of drug-likeness (QED) is 0.0598. The monoisotopic (exact) mass is 670 g/mol. The van der Waals surface area contributed by atoms with Crippen molar-refractivity contribution in [2.75, 3.05) is 0 Å². The Hall–Kier alpha value is -3.64. The van der Waals surface area contributed by atoms with Crippen LogP contribution in [0.3, 0.4) is 0 Å². The third kappa shape index (κ3) is 7.90. The lowest BCUT2D eigenvalue weighted by atomic mass is 9.45. The Morgan fingerprint density at radius 1 is 0.776 bits per heavy atom. The van der Waals surface area contributed by atoms with Crippen LogP contribution >= 0.6 is 0 Å². The molecule has 4 atom stereocenters. The van der Waals surface area contributed by atoms with Gasteiger partial charge in [0.25, 0.3) is 0 Å². The van der Waals surface area contributed by atoms with Gasteiger partial charge in [0.15, 0.2) is 23.1 Å². The smallest absolute Gasteiger partial charge is 0.179 e. The number of aromatic hydroxyl groups is 2. The second kappa shape index (κ2) is 15.1. The molecule has 4 unspecified atom stereocenters. The van der Waals surface area contributed by atoms with Crippen LogP contribution < -0.4 is 0 Å². The van der Waals surface area contributed by atoms with Gasteiger partial charge >= 0.3 is 0 Å². The molecule has 1 heterocycles. The average Bonchev–Trinajstić information content (AvgIpc) is 3.21. The number of carbonyl (C=O) groups is 2. The lowest BCUT2D eigenvalue weighted by molar-refractivity contribution is -0.169. The van der Waals surface area contributed by atoms with Crippen molar-refractivity contribution in [3.8, 4) is 11.5 Å². The van der Waals surface area contributed by atoms with Crippen LogP contribution in [0.2, 0.25) is 0 Å². The van der Waals surface area contributed by atoms with Gasteiger partial charge in [-0.1, -0.05) is 58.2 Å². The number of aliphatic hydroxyl groups is 1. The van der Waals surface area contributed by atoms with Gasteiger partial charge < -0.3 is 20.1 Å². The molecule has 1 aromatic carbocycles. The summed E-state index contributed by atoms with van der Waals surface area (Å²) in [4.78, 5) is 29.7. The number of fused-ring (bicyclic) bond motifs is 1. The Balaban J connectivity index is 1.75. The standard InChI is InChI=1S/C43H58O6/c1-27(2)13-10-15-29(5)17-12-18-30(6)21-23-42-26-33-37(36(39(42)47)38(46)32-19-20-34(44)35(45)25-32)43(40(42)48,49-41(33,8)9)24-22-31(7)16-11-14-28(3)4/h13-14,17,19-22,25,33,37,44-46H,10-12,15-16,18,23-24,26H2,1-9H3. The van der Waals surface area contributed by atoms with Gasteiger partial charge in [-0.2, -0.15) is 0 Å². The fourth-order valence-electron chi connectivity index (χ4n) is 8.10. The van der Waals surface area contributed by atoms with Crippen molar-refractivity contribution in [1.82, 2.24) is 0 Å². The number of phenolic OH excluding ortho intramolecular Hbond substituents is 2. The van der Waals surface area contributed by atoms with E-state index in [1.54, 1.807) is 0 Å². The Labute approximate surface area is 294 Å². The number of hydrogen-bond donors (Lipinski definition) is 3. The first-order valence-corrected chi connectivity index (χ1v) is 17.9. The fourth-order valence-corrected chi connectivity index (χ4v) is 8.10. The highest BCUT2D eigenvalue weighted by Gasteiger charge is 2.77. The van der Waals surface area contributed by atoms with Gasteiger partial charge in [-0.3, -0.25) is 9.59 Å². The molecule has 1 saturated heterocycles. The lowest BCUT2D eigenvalue weighted by Gasteiger charge is -2.53. The maximum Gasteiger partial charge on any atom is 0.179 e. The maximum absolute atomic E-state index is 15.0. The summed E-state index contributed by atoms with van der Waals surface area (Å²) in [6.07, 6.45) is 17.3. The van der Waals surface area contributed by atoms with Crippen molar-refractivity contribution in [3.63, 3.8) is 0 Å². The summed E-state index contributed by atoms with van der Waals surface area (Å²) in [7, 11) is 0. The second-order valence-electron chi connectivity index (χ2n) is 15.8. The van der Waals surface area contributed by atoms with Crippen LogP contribution in [-0.2, 0) is 14.3 Å². The normalized spacial score (nSPS) is 27.4. The minimum atomic E-state index is -1.38. The predicted octanol–water partition coefficient (Wildman–Crippen LogP) is 10.6. The summed E-state index contributed by atoms with van der Waals surface area (Å²) >= 11 is 0. The Bertz CT molecular complexity index is 1640. The summed E-state index contributed by atoms with van der Waals surface area (Å²) in [5.41, 5.74) is 3.20. The molecule has 4 bridgehead atoms. The summed E-state index contributed by atoms with van der Waals surface area (Å²) in [5, 5.41) is 32.1. The molecule has 266 valence electrons. The number of Topliss-reactive ketones (excluding diaryl/α,β-unsaturated/α-hetero) is 2.